The molecule has 1 nitrogen and oxygen atoms in total. The molecule has 0 unspecified atom stereocenters. The van der Waals surface area contributed by atoms with Crippen molar-refractivity contribution in [2.75, 3.05) is 0 Å². The largest absolute Gasteiger partial charge is 0.463 e. The van der Waals surface area contributed by atoms with Crippen LogP contribution in [-0.4, -0.2) is 0 Å². The number of rotatable bonds is 3. The van der Waals surface area contributed by atoms with Crippen molar-refractivity contribution in [3.05, 3.63) is 94.9 Å². The van der Waals surface area contributed by atoms with Gasteiger partial charge in [-0.05, 0) is 52.8 Å². The SMILES string of the molecule is CCc1ccccc1-c1c(C)ccc2c1C=C(c1occ3ccccc13)C2. The molecule has 5 rings (SSSR count). The van der Waals surface area contributed by atoms with E-state index in [9.17, 15) is 0 Å². The maximum Gasteiger partial charge on any atom is 0.138 e. The number of benzene rings is 3. The standard InChI is InChI=1S/C26H22O/c1-3-18-8-4-6-10-22(18)25-17(2)12-13-19-14-21(15-24(19)25)26-23-11-7-5-9-20(23)16-27-26/h4-13,15-16H,3,14H2,1-2H3. The molecule has 0 amide bonds. The first-order valence-electron chi connectivity index (χ1n) is 9.64. The van der Waals surface area contributed by atoms with E-state index in [0.717, 1.165) is 24.0 Å². The Morgan fingerprint density at radius 2 is 1.74 bits per heavy atom. The van der Waals surface area contributed by atoms with E-state index in [0.29, 0.717) is 0 Å². The average Bonchev–Trinajstić information content (AvgIpc) is 3.31. The molecule has 4 aromatic rings. The average molecular weight is 350 g/mol. The molecular weight excluding hydrogens is 328 g/mol. The van der Waals surface area contributed by atoms with Crippen LogP contribution in [0.4, 0.5) is 0 Å². The fraction of sp³-hybridized carbons (Fsp3) is 0.154. The van der Waals surface area contributed by atoms with E-state index in [4.69, 9.17) is 4.42 Å². The van der Waals surface area contributed by atoms with Crippen LogP contribution in [0, 0.1) is 6.92 Å². The van der Waals surface area contributed by atoms with Crippen LogP contribution in [0.15, 0.2) is 71.3 Å². The fourth-order valence-electron chi connectivity index (χ4n) is 4.34. The Hall–Kier alpha value is -3.06. The molecular formula is C26H22O. The summed E-state index contributed by atoms with van der Waals surface area (Å²) in [5.41, 5.74) is 9.47. The Morgan fingerprint density at radius 1 is 0.926 bits per heavy atom. The first-order chi connectivity index (χ1) is 13.3. The Morgan fingerprint density at radius 3 is 2.63 bits per heavy atom. The minimum Gasteiger partial charge on any atom is -0.463 e. The third-order valence-corrected chi connectivity index (χ3v) is 5.71. The third kappa shape index (κ3) is 2.54. The third-order valence-electron chi connectivity index (χ3n) is 5.71. The lowest BCUT2D eigenvalue weighted by molar-refractivity contribution is 0.557. The van der Waals surface area contributed by atoms with Gasteiger partial charge in [-0.3, -0.25) is 0 Å². The van der Waals surface area contributed by atoms with Crippen molar-refractivity contribution in [3.63, 3.8) is 0 Å². The van der Waals surface area contributed by atoms with E-state index in [1.165, 1.54) is 44.3 Å². The van der Waals surface area contributed by atoms with E-state index < -0.39 is 0 Å². The van der Waals surface area contributed by atoms with Crippen molar-refractivity contribution in [2.24, 2.45) is 0 Å². The highest BCUT2D eigenvalue weighted by molar-refractivity contribution is 6.01. The van der Waals surface area contributed by atoms with E-state index in [1.54, 1.807) is 0 Å². The zero-order valence-corrected chi connectivity index (χ0v) is 15.8. The zero-order chi connectivity index (χ0) is 18.4. The van der Waals surface area contributed by atoms with Gasteiger partial charge in [0.15, 0.2) is 0 Å². The first-order valence-corrected chi connectivity index (χ1v) is 9.64. The van der Waals surface area contributed by atoms with Crippen LogP contribution in [0.5, 0.6) is 0 Å². The van der Waals surface area contributed by atoms with Crippen LogP contribution in [0.25, 0.3) is 33.5 Å². The van der Waals surface area contributed by atoms with Crippen molar-refractivity contribution in [2.45, 2.75) is 26.7 Å². The van der Waals surface area contributed by atoms with E-state index >= 15 is 0 Å². The van der Waals surface area contributed by atoms with Gasteiger partial charge in [-0.1, -0.05) is 67.6 Å². The molecule has 0 atom stereocenters. The van der Waals surface area contributed by atoms with E-state index in [-0.39, 0.29) is 0 Å². The summed E-state index contributed by atoms with van der Waals surface area (Å²) in [5.74, 6) is 1.01. The summed E-state index contributed by atoms with van der Waals surface area (Å²) < 4.78 is 5.98. The van der Waals surface area contributed by atoms with Crippen molar-refractivity contribution in [1.29, 1.82) is 0 Å². The molecule has 1 aliphatic rings. The second-order valence-electron chi connectivity index (χ2n) is 7.34. The molecule has 1 heteroatoms. The Labute approximate surface area is 160 Å². The maximum absolute atomic E-state index is 5.98. The number of hydrogen-bond acceptors (Lipinski definition) is 1. The van der Waals surface area contributed by atoms with Crippen molar-refractivity contribution < 1.29 is 4.42 Å². The highest BCUT2D eigenvalue weighted by Gasteiger charge is 2.23. The minimum atomic E-state index is 0.925. The topological polar surface area (TPSA) is 13.1 Å². The lowest BCUT2D eigenvalue weighted by Gasteiger charge is -2.15. The number of allylic oxidation sites excluding steroid dienone is 1. The summed E-state index contributed by atoms with van der Waals surface area (Å²) in [4.78, 5) is 0. The predicted molar refractivity (Wildman–Crippen MR) is 114 cm³/mol. The van der Waals surface area contributed by atoms with Crippen LogP contribution >= 0.6 is 0 Å². The molecule has 0 spiro atoms. The van der Waals surface area contributed by atoms with Crippen molar-refractivity contribution in [3.8, 4) is 11.1 Å². The van der Waals surface area contributed by atoms with Gasteiger partial charge in [-0.15, -0.1) is 0 Å². The highest BCUT2D eigenvalue weighted by Crippen LogP contribution is 2.42. The molecule has 1 aliphatic carbocycles. The quantitative estimate of drug-likeness (QED) is 0.385. The second kappa shape index (κ2) is 6.28. The normalized spacial score (nSPS) is 13.0. The molecule has 0 N–H and O–H groups in total. The molecule has 1 aromatic heterocycles. The van der Waals surface area contributed by atoms with Gasteiger partial charge in [0, 0.05) is 22.8 Å². The summed E-state index contributed by atoms with van der Waals surface area (Å²) in [6, 6.07) is 21.7. The number of furan rings is 1. The van der Waals surface area contributed by atoms with Gasteiger partial charge >= 0.3 is 0 Å². The summed E-state index contributed by atoms with van der Waals surface area (Å²) in [5, 5.41) is 2.36. The number of hydrogen-bond donors (Lipinski definition) is 0. The summed E-state index contributed by atoms with van der Waals surface area (Å²) in [6.45, 7) is 4.45. The molecule has 0 aliphatic heterocycles. The van der Waals surface area contributed by atoms with Crippen LogP contribution in [0.2, 0.25) is 0 Å². The second-order valence-corrected chi connectivity index (χ2v) is 7.34. The van der Waals surface area contributed by atoms with Crippen LogP contribution in [0.1, 0.15) is 34.9 Å². The molecule has 1 heterocycles. The van der Waals surface area contributed by atoms with Gasteiger partial charge in [0.25, 0.3) is 0 Å². The zero-order valence-electron chi connectivity index (χ0n) is 15.8. The molecule has 0 fully saturated rings. The van der Waals surface area contributed by atoms with E-state index in [2.05, 4.69) is 80.6 Å². The predicted octanol–water partition coefficient (Wildman–Crippen LogP) is 7.07. The van der Waals surface area contributed by atoms with Crippen LogP contribution < -0.4 is 0 Å². The highest BCUT2D eigenvalue weighted by atomic mass is 16.3. The molecule has 132 valence electrons. The fourth-order valence-corrected chi connectivity index (χ4v) is 4.34. The molecule has 0 radical (unpaired) electrons. The van der Waals surface area contributed by atoms with Gasteiger partial charge in [0.1, 0.15) is 5.76 Å². The lowest BCUT2D eigenvalue weighted by atomic mass is 9.89. The Kier molecular flexibility index (Phi) is 3.75. The van der Waals surface area contributed by atoms with Crippen LogP contribution in [0.3, 0.4) is 0 Å². The molecule has 27 heavy (non-hydrogen) atoms. The van der Waals surface area contributed by atoms with Gasteiger partial charge in [-0.2, -0.15) is 0 Å². The molecule has 0 saturated heterocycles. The Balaban J connectivity index is 1.70. The Bertz CT molecular complexity index is 1190. The number of aryl methyl sites for hydroxylation is 2. The summed E-state index contributed by atoms with van der Waals surface area (Å²) in [6.07, 6.45) is 6.18. The summed E-state index contributed by atoms with van der Waals surface area (Å²) in [7, 11) is 0. The van der Waals surface area contributed by atoms with Crippen LogP contribution in [-0.2, 0) is 12.8 Å². The summed E-state index contributed by atoms with van der Waals surface area (Å²) >= 11 is 0. The van der Waals surface area contributed by atoms with Crippen molar-refractivity contribution in [1.82, 2.24) is 0 Å². The van der Waals surface area contributed by atoms with Gasteiger partial charge in [0.05, 0.1) is 6.26 Å². The van der Waals surface area contributed by atoms with Gasteiger partial charge < -0.3 is 4.42 Å². The lowest BCUT2D eigenvalue weighted by Crippen LogP contribution is -1.95. The van der Waals surface area contributed by atoms with Gasteiger partial charge in [0.2, 0.25) is 0 Å². The van der Waals surface area contributed by atoms with Gasteiger partial charge in [-0.25, -0.2) is 0 Å². The molecule has 0 bridgehead atoms. The molecule has 0 saturated carbocycles. The van der Waals surface area contributed by atoms with E-state index in [1.807, 2.05) is 6.26 Å². The maximum atomic E-state index is 5.98. The first kappa shape index (κ1) is 16.1. The number of fused-ring (bicyclic) bond motifs is 2. The minimum absolute atomic E-state index is 0.925. The smallest absolute Gasteiger partial charge is 0.138 e. The molecule has 3 aromatic carbocycles. The van der Waals surface area contributed by atoms with Crippen molar-refractivity contribution >= 4 is 22.4 Å². The monoisotopic (exact) mass is 350 g/mol.